The molecule has 0 saturated heterocycles. The topological polar surface area (TPSA) is 38.9 Å². The van der Waals surface area contributed by atoms with Crippen LogP contribution in [0.3, 0.4) is 0 Å². The summed E-state index contributed by atoms with van der Waals surface area (Å²) in [6.45, 7) is 0. The second-order valence-corrected chi connectivity index (χ2v) is 12.2. The van der Waals surface area contributed by atoms with Gasteiger partial charge in [-0.3, -0.25) is 0 Å². The van der Waals surface area contributed by atoms with E-state index in [0.29, 0.717) is 11.5 Å². The van der Waals surface area contributed by atoms with Gasteiger partial charge in [0.15, 0.2) is 5.82 Å². The first kappa shape index (κ1) is 28.6. The molecule has 0 radical (unpaired) electrons. The SMILES string of the molecule is c1ccc(-c2ccc(-c3cccc(-c4cccc(-c5nc(-c6ccccc6)c6c(n5)oc5ccccc56)c4)c3)cc2-c2ccccc2)cc1. The van der Waals surface area contributed by atoms with Gasteiger partial charge in [0, 0.05) is 16.5 Å². The van der Waals surface area contributed by atoms with Gasteiger partial charge in [-0.2, -0.15) is 4.98 Å². The van der Waals surface area contributed by atoms with E-state index in [9.17, 15) is 0 Å². The van der Waals surface area contributed by atoms with Crippen LogP contribution in [0, 0.1) is 0 Å². The number of rotatable bonds is 6. The van der Waals surface area contributed by atoms with Crippen molar-refractivity contribution in [1.29, 1.82) is 0 Å². The fourth-order valence-electron chi connectivity index (χ4n) is 6.72. The van der Waals surface area contributed by atoms with E-state index in [4.69, 9.17) is 14.4 Å². The Kier molecular flexibility index (Phi) is 7.14. The van der Waals surface area contributed by atoms with Gasteiger partial charge in [-0.15, -0.1) is 0 Å². The summed E-state index contributed by atoms with van der Waals surface area (Å²) in [6, 6.07) is 63.6. The van der Waals surface area contributed by atoms with Crippen LogP contribution in [0.5, 0.6) is 0 Å². The Balaban J connectivity index is 1.13. The van der Waals surface area contributed by atoms with Crippen molar-refractivity contribution in [1.82, 2.24) is 9.97 Å². The summed E-state index contributed by atoms with van der Waals surface area (Å²) in [7, 11) is 0. The number of furan rings is 1. The van der Waals surface area contributed by atoms with Gasteiger partial charge in [0.2, 0.25) is 5.71 Å². The maximum atomic E-state index is 6.28. The summed E-state index contributed by atoms with van der Waals surface area (Å²) in [5.74, 6) is 0.632. The van der Waals surface area contributed by atoms with Crippen LogP contribution >= 0.6 is 0 Å². The Labute approximate surface area is 284 Å². The van der Waals surface area contributed by atoms with Crippen molar-refractivity contribution in [2.45, 2.75) is 0 Å². The standard InChI is InChI=1S/C46H30N2O/c1-4-14-31(15-5-1)39-27-26-37(30-41(39)32-16-6-2-7-17-32)35-21-12-20-34(28-35)36-22-13-23-38(29-36)45-47-44(33-18-8-3-9-19-33)43-40-24-10-11-25-42(40)49-46(43)48-45/h1-30H. The van der Waals surface area contributed by atoms with E-state index in [-0.39, 0.29) is 0 Å². The summed E-state index contributed by atoms with van der Waals surface area (Å²) in [6.07, 6.45) is 0. The number of nitrogens with zero attached hydrogens (tertiary/aromatic N) is 2. The van der Waals surface area contributed by atoms with Crippen molar-refractivity contribution in [2.24, 2.45) is 0 Å². The molecule has 0 amide bonds. The summed E-state index contributed by atoms with van der Waals surface area (Å²) in [4.78, 5) is 10.1. The minimum absolute atomic E-state index is 0.589. The smallest absolute Gasteiger partial charge is 0.231 e. The molecule has 49 heavy (non-hydrogen) atoms. The highest BCUT2D eigenvalue weighted by atomic mass is 16.3. The van der Waals surface area contributed by atoms with Crippen molar-refractivity contribution in [3.05, 3.63) is 182 Å². The molecule has 7 aromatic carbocycles. The first-order chi connectivity index (χ1) is 24.3. The number of hydrogen-bond donors (Lipinski definition) is 0. The Morgan fingerprint density at radius 3 is 1.53 bits per heavy atom. The van der Waals surface area contributed by atoms with Crippen LogP contribution in [-0.4, -0.2) is 9.97 Å². The quantitative estimate of drug-likeness (QED) is 0.184. The molecule has 3 heteroatoms. The molecule has 0 saturated carbocycles. The van der Waals surface area contributed by atoms with Crippen LogP contribution in [0.1, 0.15) is 0 Å². The zero-order valence-electron chi connectivity index (χ0n) is 26.6. The summed E-state index contributed by atoms with van der Waals surface area (Å²) < 4.78 is 6.28. The summed E-state index contributed by atoms with van der Waals surface area (Å²) in [5, 5.41) is 1.95. The van der Waals surface area contributed by atoms with Crippen LogP contribution in [0.15, 0.2) is 186 Å². The maximum absolute atomic E-state index is 6.28. The molecule has 3 nitrogen and oxygen atoms in total. The van der Waals surface area contributed by atoms with Gasteiger partial charge < -0.3 is 4.42 Å². The maximum Gasteiger partial charge on any atom is 0.231 e. The minimum Gasteiger partial charge on any atom is -0.438 e. The molecule has 0 bridgehead atoms. The molecule has 0 aliphatic heterocycles. The highest BCUT2D eigenvalue weighted by molar-refractivity contribution is 6.10. The van der Waals surface area contributed by atoms with Crippen molar-refractivity contribution in [2.75, 3.05) is 0 Å². The van der Waals surface area contributed by atoms with E-state index < -0.39 is 0 Å². The van der Waals surface area contributed by atoms with Gasteiger partial charge in [-0.25, -0.2) is 4.98 Å². The minimum atomic E-state index is 0.589. The lowest BCUT2D eigenvalue weighted by Crippen LogP contribution is -1.94. The lowest BCUT2D eigenvalue weighted by Gasteiger charge is -2.14. The zero-order valence-corrected chi connectivity index (χ0v) is 26.6. The van der Waals surface area contributed by atoms with Gasteiger partial charge in [0.05, 0.1) is 11.1 Å². The fraction of sp³-hybridized carbons (Fsp3) is 0. The predicted molar refractivity (Wildman–Crippen MR) is 202 cm³/mol. The molecular weight excluding hydrogens is 597 g/mol. The lowest BCUT2D eigenvalue weighted by atomic mass is 9.90. The lowest BCUT2D eigenvalue weighted by molar-refractivity contribution is 0.653. The van der Waals surface area contributed by atoms with Crippen LogP contribution in [0.25, 0.3) is 89.2 Å². The molecule has 0 fully saturated rings. The van der Waals surface area contributed by atoms with Crippen molar-refractivity contribution >= 4 is 22.1 Å². The normalized spacial score (nSPS) is 11.3. The second kappa shape index (κ2) is 12.2. The molecule has 0 N–H and O–H groups in total. The first-order valence-corrected chi connectivity index (χ1v) is 16.5. The molecule has 0 aliphatic carbocycles. The van der Waals surface area contributed by atoms with Gasteiger partial charge in [0.25, 0.3) is 0 Å². The average molecular weight is 627 g/mol. The number of fused-ring (bicyclic) bond motifs is 3. The predicted octanol–water partition coefficient (Wildman–Crippen LogP) is 12.4. The molecule has 9 rings (SSSR count). The van der Waals surface area contributed by atoms with Crippen LogP contribution in [0.2, 0.25) is 0 Å². The summed E-state index contributed by atoms with van der Waals surface area (Å²) >= 11 is 0. The molecular formula is C46H30N2O. The third-order valence-electron chi connectivity index (χ3n) is 9.13. The van der Waals surface area contributed by atoms with E-state index in [2.05, 4.69) is 146 Å². The van der Waals surface area contributed by atoms with E-state index in [0.717, 1.165) is 49.9 Å². The van der Waals surface area contributed by atoms with E-state index in [1.54, 1.807) is 0 Å². The number of para-hydroxylation sites is 1. The van der Waals surface area contributed by atoms with Crippen molar-refractivity contribution < 1.29 is 4.42 Å². The Morgan fingerprint density at radius 2 is 0.857 bits per heavy atom. The zero-order chi connectivity index (χ0) is 32.6. The number of benzene rings is 7. The third kappa shape index (κ3) is 5.38. The Bertz CT molecular complexity index is 2590. The molecule has 0 atom stereocenters. The van der Waals surface area contributed by atoms with Crippen LogP contribution in [-0.2, 0) is 0 Å². The molecule has 0 aliphatic rings. The molecule has 230 valence electrons. The van der Waals surface area contributed by atoms with Crippen molar-refractivity contribution in [3.63, 3.8) is 0 Å². The highest BCUT2D eigenvalue weighted by Gasteiger charge is 2.18. The molecule has 0 spiro atoms. The van der Waals surface area contributed by atoms with Crippen LogP contribution < -0.4 is 0 Å². The van der Waals surface area contributed by atoms with Gasteiger partial charge in [-0.1, -0.05) is 158 Å². The monoisotopic (exact) mass is 626 g/mol. The average Bonchev–Trinajstić information content (AvgIpc) is 3.57. The largest absolute Gasteiger partial charge is 0.438 e. The van der Waals surface area contributed by atoms with Gasteiger partial charge in [-0.05, 0) is 68.8 Å². The van der Waals surface area contributed by atoms with E-state index in [1.165, 1.54) is 27.8 Å². The molecule has 9 aromatic rings. The van der Waals surface area contributed by atoms with Gasteiger partial charge >= 0.3 is 0 Å². The van der Waals surface area contributed by atoms with Gasteiger partial charge in [0.1, 0.15) is 5.58 Å². The van der Waals surface area contributed by atoms with Crippen LogP contribution in [0.4, 0.5) is 0 Å². The third-order valence-corrected chi connectivity index (χ3v) is 9.13. The Hall–Kier alpha value is -6.58. The highest BCUT2D eigenvalue weighted by Crippen LogP contribution is 2.39. The first-order valence-electron chi connectivity index (χ1n) is 16.5. The number of aromatic nitrogens is 2. The Morgan fingerprint density at radius 1 is 0.347 bits per heavy atom. The second-order valence-electron chi connectivity index (χ2n) is 12.2. The fourth-order valence-corrected chi connectivity index (χ4v) is 6.72. The number of hydrogen-bond acceptors (Lipinski definition) is 3. The molecule has 2 heterocycles. The molecule has 0 unspecified atom stereocenters. The van der Waals surface area contributed by atoms with E-state index >= 15 is 0 Å². The van der Waals surface area contributed by atoms with Crippen molar-refractivity contribution in [3.8, 4) is 67.2 Å². The summed E-state index contributed by atoms with van der Waals surface area (Å²) in [5.41, 5.74) is 13.6. The molecule has 2 aromatic heterocycles. The van der Waals surface area contributed by atoms with E-state index in [1.807, 2.05) is 36.4 Å².